The highest BCUT2D eigenvalue weighted by molar-refractivity contribution is 7.86. The molecule has 0 aliphatic carbocycles. The van der Waals surface area contributed by atoms with Crippen LogP contribution in [-0.2, 0) is 10.1 Å². The van der Waals surface area contributed by atoms with Gasteiger partial charge in [0.25, 0.3) is 21.7 Å². The number of carbonyl (C=O) groups is 1. The van der Waals surface area contributed by atoms with Gasteiger partial charge in [0.1, 0.15) is 4.90 Å². The molecule has 0 saturated carbocycles. The molecule has 0 saturated heterocycles. The first kappa shape index (κ1) is 17.5. The summed E-state index contributed by atoms with van der Waals surface area (Å²) < 4.78 is 32.3. The molecule has 0 heterocycles. The summed E-state index contributed by atoms with van der Waals surface area (Å²) in [4.78, 5) is 22.1. The molecule has 0 fully saturated rings. The largest absolute Gasteiger partial charge is 0.321 e. The van der Waals surface area contributed by atoms with E-state index >= 15 is 0 Å². The van der Waals surface area contributed by atoms with Crippen molar-refractivity contribution < 1.29 is 22.7 Å². The van der Waals surface area contributed by atoms with E-state index in [1.54, 1.807) is 24.3 Å². The van der Waals surface area contributed by atoms with Gasteiger partial charge in [-0.25, -0.2) is 0 Å². The predicted octanol–water partition coefficient (Wildman–Crippen LogP) is 3.25. The fourth-order valence-electron chi connectivity index (χ4n) is 2.56. The highest BCUT2D eigenvalue weighted by Gasteiger charge is 2.24. The van der Waals surface area contributed by atoms with Crippen molar-refractivity contribution in [2.75, 3.05) is 5.32 Å². The summed E-state index contributed by atoms with van der Waals surface area (Å²) in [5, 5.41) is 15.0. The third-order valence-electron chi connectivity index (χ3n) is 3.73. The first-order chi connectivity index (χ1) is 12.3. The van der Waals surface area contributed by atoms with E-state index in [4.69, 9.17) is 0 Å². The van der Waals surface area contributed by atoms with Crippen LogP contribution < -0.4 is 5.32 Å². The molecule has 0 radical (unpaired) electrons. The Kier molecular flexibility index (Phi) is 4.41. The normalized spacial score (nSPS) is 11.3. The number of nitro groups is 1. The Bertz CT molecular complexity index is 1140. The number of hydrogen-bond acceptors (Lipinski definition) is 5. The highest BCUT2D eigenvalue weighted by atomic mass is 32.2. The summed E-state index contributed by atoms with van der Waals surface area (Å²) in [6, 6.07) is 14.9. The van der Waals surface area contributed by atoms with Gasteiger partial charge in [-0.1, -0.05) is 36.4 Å². The fraction of sp³-hybridized carbons (Fsp3) is 0. The van der Waals surface area contributed by atoms with Crippen LogP contribution in [0, 0.1) is 10.1 Å². The lowest BCUT2D eigenvalue weighted by atomic mass is 10.1. The van der Waals surface area contributed by atoms with E-state index in [9.17, 15) is 27.9 Å². The molecular weight excluding hydrogens is 360 g/mol. The topological polar surface area (TPSA) is 127 Å². The number of carbonyl (C=O) groups excluding carboxylic acids is 1. The first-order valence-corrected chi connectivity index (χ1v) is 8.76. The van der Waals surface area contributed by atoms with Gasteiger partial charge in [-0.3, -0.25) is 19.5 Å². The number of nitrogens with one attached hydrogen (secondary N) is 1. The molecule has 0 aliphatic rings. The summed E-state index contributed by atoms with van der Waals surface area (Å²) >= 11 is 0. The number of fused-ring (bicyclic) bond motifs is 1. The number of rotatable bonds is 4. The van der Waals surface area contributed by atoms with Crippen molar-refractivity contribution in [2.45, 2.75) is 4.90 Å². The Morgan fingerprint density at radius 3 is 2.42 bits per heavy atom. The van der Waals surface area contributed by atoms with Gasteiger partial charge in [-0.05, 0) is 17.5 Å². The molecule has 2 N–H and O–H groups in total. The van der Waals surface area contributed by atoms with Crippen LogP contribution in [0.1, 0.15) is 10.4 Å². The second kappa shape index (κ2) is 6.54. The molecule has 132 valence electrons. The average molecular weight is 372 g/mol. The van der Waals surface area contributed by atoms with Crippen molar-refractivity contribution in [1.29, 1.82) is 0 Å². The van der Waals surface area contributed by atoms with E-state index in [0.717, 1.165) is 23.6 Å². The molecule has 0 atom stereocenters. The lowest BCUT2D eigenvalue weighted by Gasteiger charge is -2.11. The molecule has 8 nitrogen and oxygen atoms in total. The molecule has 26 heavy (non-hydrogen) atoms. The number of hydrogen-bond donors (Lipinski definition) is 2. The van der Waals surface area contributed by atoms with Gasteiger partial charge < -0.3 is 5.32 Å². The maximum absolute atomic E-state index is 12.6. The van der Waals surface area contributed by atoms with Gasteiger partial charge in [0.05, 0.1) is 10.5 Å². The molecule has 1 amide bonds. The van der Waals surface area contributed by atoms with Crippen molar-refractivity contribution in [3.05, 3.63) is 76.3 Å². The Labute approximate surface area is 148 Å². The molecule has 0 aliphatic heterocycles. The SMILES string of the molecule is O=C(Nc1cccc2ccccc12)c1cc([N+](=O)[O-])ccc1S(=O)(=O)O. The Hall–Kier alpha value is -3.30. The number of nitrogens with zero attached hydrogens (tertiary/aromatic N) is 1. The number of non-ortho nitro benzene ring substituents is 1. The minimum absolute atomic E-state index is 0.404. The van der Waals surface area contributed by atoms with Crippen molar-refractivity contribution >= 4 is 38.2 Å². The standard InChI is InChI=1S/C17H12N2O6S/c20-17(18-15-7-3-5-11-4-1-2-6-13(11)15)14-10-12(19(21)22)8-9-16(14)26(23,24)25/h1-10H,(H,18,20)(H,23,24,25). The van der Waals surface area contributed by atoms with Gasteiger partial charge in [0.15, 0.2) is 0 Å². The van der Waals surface area contributed by atoms with Crippen LogP contribution in [0.4, 0.5) is 11.4 Å². The van der Waals surface area contributed by atoms with Gasteiger partial charge in [-0.15, -0.1) is 0 Å². The fourth-order valence-corrected chi connectivity index (χ4v) is 3.23. The molecule has 0 unspecified atom stereocenters. The summed E-state index contributed by atoms with van der Waals surface area (Å²) in [6.45, 7) is 0. The molecule has 3 aromatic carbocycles. The number of benzene rings is 3. The summed E-state index contributed by atoms with van der Waals surface area (Å²) in [7, 11) is -4.74. The summed E-state index contributed by atoms with van der Waals surface area (Å²) in [5.41, 5.74) is -0.587. The van der Waals surface area contributed by atoms with Crippen LogP contribution in [0.15, 0.2) is 65.6 Å². The van der Waals surface area contributed by atoms with Crippen LogP contribution in [0.3, 0.4) is 0 Å². The summed E-state index contributed by atoms with van der Waals surface area (Å²) in [5.74, 6) is -0.891. The highest BCUT2D eigenvalue weighted by Crippen LogP contribution is 2.26. The second-order valence-corrected chi connectivity index (χ2v) is 6.78. The Morgan fingerprint density at radius 2 is 1.73 bits per heavy atom. The molecular formula is C17H12N2O6S. The van der Waals surface area contributed by atoms with E-state index in [1.165, 1.54) is 0 Å². The molecule has 3 rings (SSSR count). The Morgan fingerprint density at radius 1 is 1.04 bits per heavy atom. The monoisotopic (exact) mass is 372 g/mol. The van der Waals surface area contributed by atoms with Crippen LogP contribution in [0.2, 0.25) is 0 Å². The zero-order valence-corrected chi connectivity index (χ0v) is 13.9. The number of anilines is 1. The quantitative estimate of drug-likeness (QED) is 0.411. The van der Waals surface area contributed by atoms with E-state index < -0.39 is 37.1 Å². The van der Waals surface area contributed by atoms with Crippen molar-refractivity contribution in [2.24, 2.45) is 0 Å². The van der Waals surface area contributed by atoms with Gasteiger partial charge in [-0.2, -0.15) is 8.42 Å². The number of nitro benzene ring substituents is 1. The number of amides is 1. The van der Waals surface area contributed by atoms with E-state index in [-0.39, 0.29) is 0 Å². The van der Waals surface area contributed by atoms with Crippen molar-refractivity contribution in [1.82, 2.24) is 0 Å². The average Bonchev–Trinajstić information content (AvgIpc) is 2.60. The van der Waals surface area contributed by atoms with E-state index in [0.29, 0.717) is 11.1 Å². The van der Waals surface area contributed by atoms with E-state index in [2.05, 4.69) is 5.32 Å². The second-order valence-electron chi connectivity index (χ2n) is 5.39. The minimum atomic E-state index is -4.74. The smallest absolute Gasteiger partial charge is 0.295 e. The van der Waals surface area contributed by atoms with Crippen LogP contribution in [0.5, 0.6) is 0 Å². The maximum Gasteiger partial charge on any atom is 0.295 e. The zero-order valence-electron chi connectivity index (χ0n) is 13.1. The Balaban J connectivity index is 2.09. The van der Waals surface area contributed by atoms with Crippen LogP contribution >= 0.6 is 0 Å². The molecule has 0 spiro atoms. The van der Waals surface area contributed by atoms with Gasteiger partial charge in [0, 0.05) is 23.2 Å². The van der Waals surface area contributed by atoms with Crippen LogP contribution in [-0.4, -0.2) is 23.8 Å². The first-order valence-electron chi connectivity index (χ1n) is 7.32. The molecule has 0 bridgehead atoms. The lowest BCUT2D eigenvalue weighted by molar-refractivity contribution is -0.384. The molecule has 0 aromatic heterocycles. The van der Waals surface area contributed by atoms with Gasteiger partial charge in [0.2, 0.25) is 0 Å². The van der Waals surface area contributed by atoms with Gasteiger partial charge >= 0.3 is 0 Å². The van der Waals surface area contributed by atoms with Crippen molar-refractivity contribution in [3.63, 3.8) is 0 Å². The van der Waals surface area contributed by atoms with E-state index in [1.807, 2.05) is 18.2 Å². The third kappa shape index (κ3) is 3.39. The molecule has 9 heteroatoms. The minimum Gasteiger partial charge on any atom is -0.321 e. The zero-order chi connectivity index (χ0) is 18.9. The predicted molar refractivity (Wildman–Crippen MR) is 94.8 cm³/mol. The molecule has 3 aromatic rings. The maximum atomic E-state index is 12.6. The third-order valence-corrected chi connectivity index (χ3v) is 4.65. The van der Waals surface area contributed by atoms with Crippen molar-refractivity contribution in [3.8, 4) is 0 Å². The van der Waals surface area contributed by atoms with Crippen LogP contribution in [0.25, 0.3) is 10.8 Å². The lowest BCUT2D eigenvalue weighted by Crippen LogP contribution is -2.17. The summed E-state index contributed by atoms with van der Waals surface area (Å²) in [6.07, 6.45) is 0.